The van der Waals surface area contributed by atoms with Crippen molar-refractivity contribution in [1.82, 2.24) is 0 Å². The van der Waals surface area contributed by atoms with Gasteiger partial charge in [0.05, 0.1) is 17.7 Å². The van der Waals surface area contributed by atoms with Gasteiger partial charge < -0.3 is 9.47 Å². The van der Waals surface area contributed by atoms with Crippen LogP contribution >= 0.6 is 0 Å². The minimum absolute atomic E-state index is 0.163. The highest BCUT2D eigenvalue weighted by atomic mass is 32.2. The summed E-state index contributed by atoms with van der Waals surface area (Å²) in [6.07, 6.45) is 0.366. The first kappa shape index (κ1) is 17.3. The molecule has 132 valence electrons. The van der Waals surface area contributed by atoms with Gasteiger partial charge in [0.1, 0.15) is 5.75 Å². The molecular weight excluding hydrogens is 342 g/mol. The van der Waals surface area contributed by atoms with Gasteiger partial charge in [0.15, 0.2) is 6.10 Å². The van der Waals surface area contributed by atoms with E-state index in [1.54, 1.807) is 36.4 Å². The molecule has 2 aromatic carbocycles. The molecule has 25 heavy (non-hydrogen) atoms. The average Bonchev–Trinajstić information content (AvgIpc) is 2.61. The first-order valence-corrected chi connectivity index (χ1v) is 9.35. The molecule has 0 amide bonds. The van der Waals surface area contributed by atoms with E-state index in [0.717, 1.165) is 11.1 Å². The number of benzene rings is 2. The lowest BCUT2D eigenvalue weighted by atomic mass is 10.0. The Morgan fingerprint density at radius 3 is 2.60 bits per heavy atom. The summed E-state index contributed by atoms with van der Waals surface area (Å²) >= 11 is 0. The molecule has 0 aromatic heterocycles. The van der Waals surface area contributed by atoms with Crippen molar-refractivity contribution in [3.05, 3.63) is 53.6 Å². The van der Waals surface area contributed by atoms with Crippen molar-refractivity contribution < 1.29 is 22.7 Å². The minimum atomic E-state index is -3.75. The lowest BCUT2D eigenvalue weighted by Gasteiger charge is -2.26. The average molecular weight is 361 g/mol. The number of carbonyl (C=O) groups is 1. The number of ether oxygens (including phenoxy) is 2. The predicted molar refractivity (Wildman–Crippen MR) is 93.2 cm³/mol. The van der Waals surface area contributed by atoms with Crippen LogP contribution < -0.4 is 9.46 Å². The van der Waals surface area contributed by atoms with Gasteiger partial charge in [-0.3, -0.25) is 4.72 Å². The van der Waals surface area contributed by atoms with Crippen LogP contribution in [0.4, 0.5) is 5.69 Å². The third kappa shape index (κ3) is 3.61. The van der Waals surface area contributed by atoms with Crippen molar-refractivity contribution in [2.24, 2.45) is 0 Å². The summed E-state index contributed by atoms with van der Waals surface area (Å²) in [4.78, 5) is 11.9. The Kier molecular flexibility index (Phi) is 4.67. The Bertz CT molecular complexity index is 890. The largest absolute Gasteiger partial charge is 0.476 e. The third-order valence-corrected chi connectivity index (χ3v) is 5.45. The van der Waals surface area contributed by atoms with Crippen LogP contribution in [0.5, 0.6) is 5.75 Å². The summed E-state index contributed by atoms with van der Waals surface area (Å²) in [5.74, 6) is -0.0957. The number of rotatable bonds is 4. The molecule has 2 aromatic rings. The van der Waals surface area contributed by atoms with Crippen LogP contribution in [0.15, 0.2) is 47.4 Å². The van der Waals surface area contributed by atoms with Gasteiger partial charge in [0, 0.05) is 0 Å². The highest BCUT2D eigenvalue weighted by Crippen LogP contribution is 2.36. The van der Waals surface area contributed by atoms with Crippen LogP contribution in [-0.4, -0.2) is 27.6 Å². The second-order valence-corrected chi connectivity index (χ2v) is 7.56. The maximum atomic E-state index is 12.6. The van der Waals surface area contributed by atoms with Gasteiger partial charge in [0.2, 0.25) is 0 Å². The van der Waals surface area contributed by atoms with Crippen LogP contribution in [0, 0.1) is 6.92 Å². The maximum absolute atomic E-state index is 12.6. The van der Waals surface area contributed by atoms with Crippen molar-refractivity contribution in [3.8, 4) is 5.75 Å². The summed E-state index contributed by atoms with van der Waals surface area (Å²) in [7, 11) is -2.45. The number of fused-ring (bicyclic) bond motifs is 1. The number of sulfonamides is 1. The molecule has 1 atom stereocenters. The molecule has 7 heteroatoms. The molecule has 1 unspecified atom stereocenters. The molecule has 3 rings (SSSR count). The number of nitrogens with one attached hydrogen (secondary N) is 1. The predicted octanol–water partition coefficient (Wildman–Crippen LogP) is 2.66. The maximum Gasteiger partial charge on any atom is 0.347 e. The molecule has 0 radical (unpaired) electrons. The smallest absolute Gasteiger partial charge is 0.347 e. The van der Waals surface area contributed by atoms with Crippen molar-refractivity contribution in [1.29, 1.82) is 0 Å². The monoisotopic (exact) mass is 361 g/mol. The third-order valence-electron chi connectivity index (χ3n) is 4.07. The van der Waals surface area contributed by atoms with Crippen molar-refractivity contribution in [3.63, 3.8) is 0 Å². The molecule has 1 heterocycles. The van der Waals surface area contributed by atoms with Gasteiger partial charge in [-0.2, -0.15) is 0 Å². The van der Waals surface area contributed by atoms with Gasteiger partial charge >= 0.3 is 5.97 Å². The van der Waals surface area contributed by atoms with Crippen LogP contribution in [0.25, 0.3) is 0 Å². The minimum Gasteiger partial charge on any atom is -0.476 e. The number of carbonyl (C=O) groups excluding carboxylic acids is 1. The fourth-order valence-corrected chi connectivity index (χ4v) is 3.77. The number of para-hydroxylation sites is 1. The molecule has 0 spiro atoms. The zero-order chi connectivity index (χ0) is 18.0. The zero-order valence-electron chi connectivity index (χ0n) is 14.0. The lowest BCUT2D eigenvalue weighted by molar-refractivity contribution is -0.149. The summed E-state index contributed by atoms with van der Waals surface area (Å²) in [6.45, 7) is 1.89. The van der Waals surface area contributed by atoms with Crippen LogP contribution in [0.3, 0.4) is 0 Å². The second-order valence-electron chi connectivity index (χ2n) is 5.88. The number of aryl methyl sites for hydroxylation is 2. The lowest BCUT2D eigenvalue weighted by Crippen LogP contribution is -2.32. The van der Waals surface area contributed by atoms with E-state index in [9.17, 15) is 13.2 Å². The molecule has 0 bridgehead atoms. The fraction of sp³-hybridized carbons (Fsp3) is 0.278. The summed E-state index contributed by atoms with van der Waals surface area (Å²) in [6, 6.07) is 11.8. The first-order valence-electron chi connectivity index (χ1n) is 7.86. The number of esters is 1. The Morgan fingerprint density at radius 2 is 1.92 bits per heavy atom. The molecular formula is C18H19NO5S. The van der Waals surface area contributed by atoms with E-state index in [2.05, 4.69) is 4.72 Å². The van der Waals surface area contributed by atoms with Crippen LogP contribution in [-0.2, 0) is 26.0 Å². The molecule has 1 aliphatic rings. The Morgan fingerprint density at radius 1 is 1.20 bits per heavy atom. The number of anilines is 1. The van der Waals surface area contributed by atoms with Gasteiger partial charge in [-0.05, 0) is 43.5 Å². The second kappa shape index (κ2) is 6.76. The topological polar surface area (TPSA) is 81.7 Å². The standard InChI is InChI=1S/C18H19NO5S/c1-12-6-9-14(10-7-12)25(21,22)19-15-5-3-4-13-8-11-16(18(20)23-2)24-17(13)15/h3-7,9-10,16,19H,8,11H2,1-2H3. The Hall–Kier alpha value is -2.54. The molecule has 0 aliphatic carbocycles. The van der Waals surface area contributed by atoms with Crippen LogP contribution in [0.1, 0.15) is 17.5 Å². The normalized spacial score (nSPS) is 16.5. The summed E-state index contributed by atoms with van der Waals surface area (Å²) in [5.41, 5.74) is 2.14. The van der Waals surface area contributed by atoms with Crippen molar-refractivity contribution in [2.45, 2.75) is 30.8 Å². The number of methoxy groups -OCH3 is 1. The van der Waals surface area contributed by atoms with E-state index < -0.39 is 22.1 Å². The van der Waals surface area contributed by atoms with Crippen molar-refractivity contribution in [2.75, 3.05) is 11.8 Å². The van der Waals surface area contributed by atoms with E-state index in [1.807, 2.05) is 13.0 Å². The summed E-state index contributed by atoms with van der Waals surface area (Å²) < 4.78 is 38.2. The van der Waals surface area contributed by atoms with Gasteiger partial charge in [-0.15, -0.1) is 0 Å². The fourth-order valence-electron chi connectivity index (χ4n) is 2.71. The summed E-state index contributed by atoms with van der Waals surface area (Å²) in [5, 5.41) is 0. The van der Waals surface area contributed by atoms with E-state index in [0.29, 0.717) is 24.3 Å². The molecule has 6 nitrogen and oxygen atoms in total. The van der Waals surface area contributed by atoms with Gasteiger partial charge in [0.25, 0.3) is 10.0 Å². The van der Waals surface area contributed by atoms with E-state index >= 15 is 0 Å². The van der Waals surface area contributed by atoms with Crippen LogP contribution in [0.2, 0.25) is 0 Å². The van der Waals surface area contributed by atoms with Gasteiger partial charge in [-0.1, -0.05) is 29.8 Å². The van der Waals surface area contributed by atoms with E-state index in [-0.39, 0.29) is 4.90 Å². The first-order chi connectivity index (χ1) is 11.9. The quantitative estimate of drug-likeness (QED) is 0.847. The number of hydrogen-bond acceptors (Lipinski definition) is 5. The van der Waals surface area contributed by atoms with E-state index in [1.165, 1.54) is 7.11 Å². The molecule has 0 fully saturated rings. The molecule has 0 saturated heterocycles. The zero-order valence-corrected chi connectivity index (χ0v) is 14.8. The Balaban J connectivity index is 1.91. The van der Waals surface area contributed by atoms with Gasteiger partial charge in [-0.25, -0.2) is 13.2 Å². The SMILES string of the molecule is COC(=O)C1CCc2cccc(NS(=O)(=O)c3ccc(C)cc3)c2O1. The van der Waals surface area contributed by atoms with Crippen molar-refractivity contribution >= 4 is 21.7 Å². The highest BCUT2D eigenvalue weighted by molar-refractivity contribution is 7.92. The van der Waals surface area contributed by atoms with E-state index in [4.69, 9.17) is 9.47 Å². The molecule has 1 N–H and O–H groups in total. The molecule has 1 aliphatic heterocycles. The molecule has 0 saturated carbocycles. The Labute approximate surface area is 146 Å². The highest BCUT2D eigenvalue weighted by Gasteiger charge is 2.29. The number of hydrogen-bond donors (Lipinski definition) is 1.